The van der Waals surface area contributed by atoms with Gasteiger partial charge in [-0.05, 0) is 31.7 Å². The van der Waals surface area contributed by atoms with Crippen molar-refractivity contribution >= 4 is 17.8 Å². The van der Waals surface area contributed by atoms with Crippen molar-refractivity contribution in [2.24, 2.45) is 5.92 Å². The second-order valence-corrected chi connectivity index (χ2v) is 7.09. The van der Waals surface area contributed by atoms with Crippen LogP contribution in [0.2, 0.25) is 0 Å². The number of urea groups is 1. The molecule has 7 heteroatoms. The summed E-state index contributed by atoms with van der Waals surface area (Å²) in [5.41, 5.74) is -0.789. The average Bonchev–Trinajstić information content (AvgIpc) is 3.13. The number of imide groups is 1. The molecule has 3 aliphatic rings. The number of nitrogens with zero attached hydrogens (tertiary/aromatic N) is 2. The lowest BCUT2D eigenvalue weighted by Gasteiger charge is -2.36. The van der Waals surface area contributed by atoms with Crippen LogP contribution in [0, 0.1) is 5.92 Å². The lowest BCUT2D eigenvalue weighted by molar-refractivity contribution is -0.140. The van der Waals surface area contributed by atoms with Crippen LogP contribution in [0.4, 0.5) is 4.79 Å². The van der Waals surface area contributed by atoms with E-state index < -0.39 is 11.6 Å². The van der Waals surface area contributed by atoms with Crippen LogP contribution in [-0.4, -0.2) is 65.9 Å². The van der Waals surface area contributed by atoms with Crippen molar-refractivity contribution < 1.29 is 14.4 Å². The lowest BCUT2D eigenvalue weighted by atomic mass is 9.73. The van der Waals surface area contributed by atoms with Crippen molar-refractivity contribution in [3.63, 3.8) is 0 Å². The number of carbonyl (C=O) groups is 3. The SMILES string of the molecule is CC1CCCCC12NC(=O)N(CC(=O)N(C)C1CCNC1)C2=O. The van der Waals surface area contributed by atoms with Crippen molar-refractivity contribution in [2.75, 3.05) is 26.7 Å². The van der Waals surface area contributed by atoms with Gasteiger partial charge in [-0.2, -0.15) is 0 Å². The van der Waals surface area contributed by atoms with Crippen molar-refractivity contribution in [1.82, 2.24) is 20.4 Å². The molecule has 3 unspecified atom stereocenters. The van der Waals surface area contributed by atoms with E-state index in [2.05, 4.69) is 10.6 Å². The Balaban J connectivity index is 1.69. The summed E-state index contributed by atoms with van der Waals surface area (Å²) in [6, 6.07) is -0.277. The Morgan fingerprint density at radius 1 is 1.35 bits per heavy atom. The topological polar surface area (TPSA) is 81.8 Å². The molecule has 3 rings (SSSR count). The van der Waals surface area contributed by atoms with E-state index in [1.165, 1.54) is 0 Å². The highest BCUT2D eigenvalue weighted by molar-refractivity contribution is 6.09. The van der Waals surface area contributed by atoms with Gasteiger partial charge in [-0.15, -0.1) is 0 Å². The van der Waals surface area contributed by atoms with Gasteiger partial charge in [-0.3, -0.25) is 14.5 Å². The molecular formula is C16H26N4O3. The Hall–Kier alpha value is -1.63. The maximum absolute atomic E-state index is 12.8. The minimum Gasteiger partial charge on any atom is -0.340 e. The van der Waals surface area contributed by atoms with Gasteiger partial charge in [0.15, 0.2) is 0 Å². The van der Waals surface area contributed by atoms with Crippen molar-refractivity contribution in [2.45, 2.75) is 50.6 Å². The third-order valence-electron chi connectivity index (χ3n) is 5.77. The van der Waals surface area contributed by atoms with Gasteiger partial charge in [0.1, 0.15) is 12.1 Å². The predicted octanol–water partition coefficient (Wildman–Crippen LogP) is 0.307. The molecule has 0 radical (unpaired) electrons. The van der Waals surface area contributed by atoms with Crippen LogP contribution in [0.5, 0.6) is 0 Å². The fourth-order valence-corrected chi connectivity index (χ4v) is 4.06. The largest absolute Gasteiger partial charge is 0.340 e. The standard InChI is InChI=1S/C16H26N4O3/c1-11-5-3-4-7-16(11)14(22)20(15(23)18-16)10-13(21)19(2)12-6-8-17-9-12/h11-12,17H,3-10H2,1-2H3,(H,18,23). The van der Waals surface area contributed by atoms with Crippen LogP contribution in [0.25, 0.3) is 0 Å². The first-order valence-electron chi connectivity index (χ1n) is 8.56. The third-order valence-corrected chi connectivity index (χ3v) is 5.77. The third kappa shape index (κ3) is 2.71. The van der Waals surface area contributed by atoms with Gasteiger partial charge in [0.25, 0.3) is 5.91 Å². The van der Waals surface area contributed by atoms with Gasteiger partial charge in [0, 0.05) is 19.6 Å². The summed E-state index contributed by atoms with van der Waals surface area (Å²) in [6.45, 7) is 3.51. The zero-order chi connectivity index (χ0) is 16.6. The van der Waals surface area contributed by atoms with Gasteiger partial charge in [-0.1, -0.05) is 19.8 Å². The van der Waals surface area contributed by atoms with Gasteiger partial charge in [-0.25, -0.2) is 4.79 Å². The summed E-state index contributed by atoms with van der Waals surface area (Å²) >= 11 is 0. The normalized spacial score (nSPS) is 34.1. The average molecular weight is 322 g/mol. The van der Waals surface area contributed by atoms with E-state index in [0.717, 1.165) is 43.7 Å². The van der Waals surface area contributed by atoms with Crippen LogP contribution in [0.15, 0.2) is 0 Å². The summed E-state index contributed by atoms with van der Waals surface area (Å²) < 4.78 is 0. The first-order valence-corrected chi connectivity index (χ1v) is 8.56. The maximum atomic E-state index is 12.8. The number of amides is 4. The number of hydrogen-bond donors (Lipinski definition) is 2. The fraction of sp³-hybridized carbons (Fsp3) is 0.812. The monoisotopic (exact) mass is 322 g/mol. The van der Waals surface area contributed by atoms with Gasteiger partial charge in [0.2, 0.25) is 5.91 Å². The van der Waals surface area contributed by atoms with Gasteiger partial charge < -0.3 is 15.5 Å². The van der Waals surface area contributed by atoms with Crippen LogP contribution in [0.1, 0.15) is 39.0 Å². The van der Waals surface area contributed by atoms with E-state index in [0.29, 0.717) is 6.42 Å². The van der Waals surface area contributed by atoms with E-state index in [4.69, 9.17) is 0 Å². The second kappa shape index (κ2) is 6.11. The fourth-order valence-electron chi connectivity index (χ4n) is 4.06. The minimum atomic E-state index is -0.789. The molecule has 128 valence electrons. The second-order valence-electron chi connectivity index (χ2n) is 7.09. The molecule has 4 amide bonds. The van der Waals surface area contributed by atoms with Crippen molar-refractivity contribution in [1.29, 1.82) is 0 Å². The zero-order valence-corrected chi connectivity index (χ0v) is 13.9. The minimum absolute atomic E-state index is 0.115. The van der Waals surface area contributed by atoms with Gasteiger partial charge in [0.05, 0.1) is 0 Å². The summed E-state index contributed by atoms with van der Waals surface area (Å²) in [7, 11) is 1.75. The number of carbonyl (C=O) groups excluding carboxylic acids is 3. The molecule has 1 spiro atoms. The Kier molecular flexibility index (Phi) is 4.31. The smallest absolute Gasteiger partial charge is 0.325 e. The van der Waals surface area contributed by atoms with Crippen molar-refractivity contribution in [3.05, 3.63) is 0 Å². The lowest BCUT2D eigenvalue weighted by Crippen LogP contribution is -2.54. The molecule has 3 atom stereocenters. The molecule has 1 saturated carbocycles. The van der Waals surface area contributed by atoms with E-state index in [1.54, 1.807) is 11.9 Å². The maximum Gasteiger partial charge on any atom is 0.325 e. The molecule has 1 aliphatic carbocycles. The van der Waals surface area contributed by atoms with E-state index in [9.17, 15) is 14.4 Å². The summed E-state index contributed by atoms with van der Waals surface area (Å²) in [5.74, 6) is -0.284. The molecule has 23 heavy (non-hydrogen) atoms. The van der Waals surface area contributed by atoms with Crippen molar-refractivity contribution in [3.8, 4) is 0 Å². The molecule has 2 saturated heterocycles. The summed E-state index contributed by atoms with van der Waals surface area (Å²) in [5, 5.41) is 6.10. The molecule has 0 aromatic heterocycles. The summed E-state index contributed by atoms with van der Waals surface area (Å²) in [4.78, 5) is 40.4. The molecule has 0 aromatic carbocycles. The molecule has 0 bridgehead atoms. The molecule has 2 aliphatic heterocycles. The van der Waals surface area contributed by atoms with E-state index >= 15 is 0 Å². The molecule has 7 nitrogen and oxygen atoms in total. The number of hydrogen-bond acceptors (Lipinski definition) is 4. The van der Waals surface area contributed by atoms with E-state index in [-0.39, 0.29) is 30.3 Å². The van der Waals surface area contributed by atoms with Crippen LogP contribution in [-0.2, 0) is 9.59 Å². The Labute approximate surface area is 136 Å². The Morgan fingerprint density at radius 2 is 2.13 bits per heavy atom. The first kappa shape index (κ1) is 16.2. The molecule has 3 fully saturated rings. The number of nitrogens with one attached hydrogen (secondary N) is 2. The highest BCUT2D eigenvalue weighted by Gasteiger charge is 2.55. The van der Waals surface area contributed by atoms with E-state index in [1.807, 2.05) is 6.92 Å². The van der Waals surface area contributed by atoms with Crippen LogP contribution >= 0.6 is 0 Å². The molecule has 0 aromatic rings. The summed E-state index contributed by atoms with van der Waals surface area (Å²) in [6.07, 6.45) is 4.53. The highest BCUT2D eigenvalue weighted by atomic mass is 16.2. The Bertz CT molecular complexity index is 517. The highest BCUT2D eigenvalue weighted by Crippen LogP contribution is 2.38. The quantitative estimate of drug-likeness (QED) is 0.733. The van der Waals surface area contributed by atoms with Crippen LogP contribution < -0.4 is 10.6 Å². The zero-order valence-electron chi connectivity index (χ0n) is 13.9. The van der Waals surface area contributed by atoms with Crippen LogP contribution in [0.3, 0.4) is 0 Å². The van der Waals surface area contributed by atoms with Gasteiger partial charge >= 0.3 is 6.03 Å². The molecule has 2 N–H and O–H groups in total. The number of rotatable bonds is 3. The predicted molar refractivity (Wildman–Crippen MR) is 84.7 cm³/mol. The Morgan fingerprint density at radius 3 is 2.78 bits per heavy atom. The first-order chi connectivity index (χ1) is 11.0. The molecular weight excluding hydrogens is 296 g/mol. The molecule has 2 heterocycles. The number of likely N-dealkylation sites (N-methyl/N-ethyl adjacent to an activating group) is 1.